The molecule has 1 fully saturated rings. The first-order valence-electron chi connectivity index (χ1n) is 9.46. The van der Waals surface area contributed by atoms with E-state index >= 15 is 0 Å². The molecule has 1 N–H and O–H groups in total. The van der Waals surface area contributed by atoms with Crippen LogP contribution >= 0.6 is 11.8 Å². The molecule has 3 aromatic rings. The van der Waals surface area contributed by atoms with Crippen LogP contribution in [0.2, 0.25) is 0 Å². The SMILES string of the molecule is CN1CCC[C@@H]1C=Cc1c[nH]c2ccc(CCSc3ccccc3)cc12. The summed E-state index contributed by atoms with van der Waals surface area (Å²) in [5.41, 5.74) is 3.94. The number of nitrogens with one attached hydrogen (secondary N) is 1. The number of aryl methyl sites for hydroxylation is 1. The van der Waals surface area contributed by atoms with Gasteiger partial charge in [0.25, 0.3) is 0 Å². The van der Waals surface area contributed by atoms with Gasteiger partial charge in [-0.3, -0.25) is 4.90 Å². The fourth-order valence-electron chi connectivity index (χ4n) is 3.68. The van der Waals surface area contributed by atoms with E-state index in [2.05, 4.69) is 83.8 Å². The van der Waals surface area contributed by atoms with Gasteiger partial charge in [-0.05, 0) is 68.2 Å². The minimum absolute atomic E-state index is 0.588. The smallest absolute Gasteiger partial charge is 0.0460 e. The number of rotatable bonds is 6. The molecule has 1 aliphatic rings. The molecule has 1 saturated heterocycles. The van der Waals surface area contributed by atoms with E-state index < -0.39 is 0 Å². The molecule has 0 bridgehead atoms. The molecule has 1 atom stereocenters. The van der Waals surface area contributed by atoms with Crippen molar-refractivity contribution in [1.82, 2.24) is 9.88 Å². The number of thioether (sulfide) groups is 1. The minimum atomic E-state index is 0.588. The molecule has 1 aromatic heterocycles. The van der Waals surface area contributed by atoms with Crippen molar-refractivity contribution in [3.8, 4) is 0 Å². The highest BCUT2D eigenvalue weighted by Crippen LogP contribution is 2.25. The summed E-state index contributed by atoms with van der Waals surface area (Å²) >= 11 is 1.93. The third-order valence-electron chi connectivity index (χ3n) is 5.26. The van der Waals surface area contributed by atoms with E-state index in [4.69, 9.17) is 0 Å². The van der Waals surface area contributed by atoms with Gasteiger partial charge in [0.1, 0.15) is 0 Å². The van der Waals surface area contributed by atoms with Gasteiger partial charge >= 0.3 is 0 Å². The Morgan fingerprint density at radius 1 is 1.19 bits per heavy atom. The lowest BCUT2D eigenvalue weighted by Gasteiger charge is -2.14. The molecule has 0 amide bonds. The zero-order chi connectivity index (χ0) is 17.8. The normalized spacial score (nSPS) is 18.3. The van der Waals surface area contributed by atoms with Crippen LogP contribution in [0.4, 0.5) is 0 Å². The number of fused-ring (bicyclic) bond motifs is 1. The van der Waals surface area contributed by atoms with Crippen molar-refractivity contribution < 1.29 is 0 Å². The van der Waals surface area contributed by atoms with Gasteiger partial charge in [0.05, 0.1) is 0 Å². The summed E-state index contributed by atoms with van der Waals surface area (Å²) in [4.78, 5) is 7.20. The van der Waals surface area contributed by atoms with E-state index in [0.717, 1.165) is 12.2 Å². The van der Waals surface area contributed by atoms with Crippen LogP contribution in [0, 0.1) is 0 Å². The van der Waals surface area contributed by atoms with Gasteiger partial charge in [0, 0.05) is 33.8 Å². The number of hydrogen-bond acceptors (Lipinski definition) is 2. The van der Waals surface area contributed by atoms with Crippen molar-refractivity contribution in [2.24, 2.45) is 0 Å². The Balaban J connectivity index is 1.45. The number of H-pyrrole nitrogens is 1. The van der Waals surface area contributed by atoms with Gasteiger partial charge in [-0.25, -0.2) is 0 Å². The first kappa shape index (κ1) is 17.4. The summed E-state index contributed by atoms with van der Waals surface area (Å²) < 4.78 is 0. The van der Waals surface area contributed by atoms with Crippen LogP contribution in [0.15, 0.2) is 65.7 Å². The molecule has 0 spiro atoms. The molecule has 0 radical (unpaired) electrons. The Kier molecular flexibility index (Phi) is 5.47. The Hall–Kier alpha value is -1.97. The molecule has 4 rings (SSSR count). The van der Waals surface area contributed by atoms with Crippen molar-refractivity contribution in [2.45, 2.75) is 30.2 Å². The number of nitrogens with zero attached hydrogens (tertiary/aromatic N) is 1. The van der Waals surface area contributed by atoms with Crippen LogP contribution in [0.1, 0.15) is 24.0 Å². The maximum atomic E-state index is 3.41. The van der Waals surface area contributed by atoms with Gasteiger partial charge in [-0.15, -0.1) is 11.8 Å². The van der Waals surface area contributed by atoms with Crippen molar-refractivity contribution >= 4 is 28.7 Å². The number of likely N-dealkylation sites (tertiary alicyclic amines) is 1. The van der Waals surface area contributed by atoms with E-state index in [1.165, 1.54) is 46.3 Å². The van der Waals surface area contributed by atoms with Gasteiger partial charge in [-0.2, -0.15) is 0 Å². The highest BCUT2D eigenvalue weighted by Gasteiger charge is 2.17. The molecule has 0 unspecified atom stereocenters. The van der Waals surface area contributed by atoms with Gasteiger partial charge in [0.15, 0.2) is 0 Å². The van der Waals surface area contributed by atoms with Gasteiger partial charge in [-0.1, -0.05) is 36.4 Å². The van der Waals surface area contributed by atoms with Crippen LogP contribution in [0.5, 0.6) is 0 Å². The first-order chi connectivity index (χ1) is 12.8. The summed E-state index contributed by atoms with van der Waals surface area (Å²) in [6.45, 7) is 1.21. The van der Waals surface area contributed by atoms with Crippen molar-refractivity contribution in [3.05, 3.63) is 71.9 Å². The van der Waals surface area contributed by atoms with E-state index in [1.807, 2.05) is 11.8 Å². The second kappa shape index (κ2) is 8.15. The summed E-state index contributed by atoms with van der Waals surface area (Å²) in [7, 11) is 2.22. The number of benzene rings is 2. The first-order valence-corrected chi connectivity index (χ1v) is 10.4. The maximum Gasteiger partial charge on any atom is 0.0460 e. The zero-order valence-corrected chi connectivity index (χ0v) is 16.1. The van der Waals surface area contributed by atoms with Crippen LogP contribution < -0.4 is 0 Å². The molecule has 2 nitrogen and oxygen atoms in total. The lowest BCUT2D eigenvalue weighted by Crippen LogP contribution is -2.22. The monoisotopic (exact) mass is 362 g/mol. The largest absolute Gasteiger partial charge is 0.361 e. The third-order valence-corrected chi connectivity index (χ3v) is 6.27. The predicted molar refractivity (Wildman–Crippen MR) is 114 cm³/mol. The van der Waals surface area contributed by atoms with Crippen LogP contribution in [-0.4, -0.2) is 35.3 Å². The summed E-state index contributed by atoms with van der Waals surface area (Å²) in [6, 6.07) is 18.1. The fraction of sp³-hybridized carbons (Fsp3) is 0.304. The number of likely N-dealkylation sites (N-methyl/N-ethyl adjacent to an activating group) is 1. The van der Waals surface area contributed by atoms with Crippen molar-refractivity contribution in [3.63, 3.8) is 0 Å². The lowest BCUT2D eigenvalue weighted by molar-refractivity contribution is 0.358. The number of hydrogen-bond donors (Lipinski definition) is 1. The molecule has 1 aliphatic heterocycles. The molecule has 0 aliphatic carbocycles. The van der Waals surface area contributed by atoms with Crippen molar-refractivity contribution in [2.75, 3.05) is 19.3 Å². The molecular weight excluding hydrogens is 336 g/mol. The summed E-state index contributed by atoms with van der Waals surface area (Å²) in [5.74, 6) is 1.11. The van der Waals surface area contributed by atoms with Gasteiger partial charge < -0.3 is 4.98 Å². The Labute approximate surface area is 160 Å². The van der Waals surface area contributed by atoms with Gasteiger partial charge in [0.2, 0.25) is 0 Å². The maximum absolute atomic E-state index is 3.41. The highest BCUT2D eigenvalue weighted by atomic mass is 32.2. The molecule has 0 saturated carbocycles. The van der Waals surface area contributed by atoms with E-state index in [0.29, 0.717) is 6.04 Å². The lowest BCUT2D eigenvalue weighted by atomic mass is 10.1. The average Bonchev–Trinajstić information content (AvgIpc) is 3.26. The van der Waals surface area contributed by atoms with Crippen LogP contribution in [-0.2, 0) is 6.42 Å². The zero-order valence-electron chi connectivity index (χ0n) is 15.3. The summed E-state index contributed by atoms with van der Waals surface area (Å²) in [5, 5.41) is 1.34. The predicted octanol–water partition coefficient (Wildman–Crippen LogP) is 5.61. The molecule has 2 aromatic carbocycles. The Bertz CT molecular complexity index is 882. The van der Waals surface area contributed by atoms with Crippen molar-refractivity contribution in [1.29, 1.82) is 0 Å². The summed E-state index contributed by atoms with van der Waals surface area (Å²) in [6.07, 6.45) is 10.5. The highest BCUT2D eigenvalue weighted by molar-refractivity contribution is 7.99. The average molecular weight is 363 g/mol. The second-order valence-electron chi connectivity index (χ2n) is 7.08. The number of aromatic amines is 1. The van der Waals surface area contributed by atoms with Crippen LogP contribution in [0.25, 0.3) is 17.0 Å². The Morgan fingerprint density at radius 3 is 2.88 bits per heavy atom. The minimum Gasteiger partial charge on any atom is -0.361 e. The third kappa shape index (κ3) is 4.05. The second-order valence-corrected chi connectivity index (χ2v) is 8.25. The standard InChI is InChI=1S/C23H26N2S/c1-25-14-5-6-20(25)11-10-19-17-24-23-12-9-18(16-22(19)23)13-15-26-21-7-3-2-4-8-21/h2-4,7-12,16-17,20,24H,5-6,13-15H2,1H3/t20-/m1/s1. The Morgan fingerprint density at radius 2 is 2.08 bits per heavy atom. The number of aromatic nitrogens is 1. The molecule has 26 heavy (non-hydrogen) atoms. The molecule has 134 valence electrons. The molecular formula is C23H26N2S. The van der Waals surface area contributed by atoms with E-state index in [1.54, 1.807) is 0 Å². The molecule has 3 heteroatoms. The fourth-order valence-corrected chi connectivity index (χ4v) is 4.60. The van der Waals surface area contributed by atoms with E-state index in [9.17, 15) is 0 Å². The quantitative estimate of drug-likeness (QED) is 0.575. The molecule has 2 heterocycles. The topological polar surface area (TPSA) is 19.0 Å². The van der Waals surface area contributed by atoms with E-state index in [-0.39, 0.29) is 0 Å². The van der Waals surface area contributed by atoms with Crippen LogP contribution in [0.3, 0.4) is 0 Å².